The molecule has 0 bridgehead atoms. The highest BCUT2D eigenvalue weighted by Crippen LogP contribution is 2.19. The number of hydrogen-bond donors (Lipinski definition) is 1. The Bertz CT molecular complexity index is 355. The van der Waals surface area contributed by atoms with Gasteiger partial charge in [0, 0.05) is 6.04 Å². The summed E-state index contributed by atoms with van der Waals surface area (Å²) in [5.74, 6) is -0.292. The summed E-state index contributed by atoms with van der Waals surface area (Å²) in [5, 5.41) is 3.42. The molecule has 0 spiro atoms. The summed E-state index contributed by atoms with van der Waals surface area (Å²) < 4.78 is 13.7. The van der Waals surface area contributed by atoms with E-state index in [4.69, 9.17) is 11.6 Å². The van der Waals surface area contributed by atoms with E-state index >= 15 is 0 Å². The third-order valence-electron chi connectivity index (χ3n) is 2.83. The molecule has 0 aliphatic rings. The Balaban J connectivity index is 2.64. The number of halogens is 2. The van der Waals surface area contributed by atoms with E-state index in [0.717, 1.165) is 13.0 Å². The predicted octanol–water partition coefficient (Wildman–Crippen LogP) is 2.56. The van der Waals surface area contributed by atoms with Gasteiger partial charge in [-0.2, -0.15) is 0 Å². The highest BCUT2D eigenvalue weighted by atomic mass is 35.5. The molecule has 0 heterocycles. The Hall–Kier alpha value is -0.640. The molecule has 0 fully saturated rings. The molecule has 0 radical (unpaired) electrons. The number of rotatable bonds is 6. The van der Waals surface area contributed by atoms with Gasteiger partial charge in [0.1, 0.15) is 5.82 Å². The maximum atomic E-state index is 13.7. The average molecular weight is 259 g/mol. The lowest BCUT2D eigenvalue weighted by Gasteiger charge is -2.19. The van der Waals surface area contributed by atoms with E-state index in [1.165, 1.54) is 0 Å². The molecule has 1 rings (SSSR count). The van der Waals surface area contributed by atoms with Crippen LogP contribution in [0, 0.1) is 5.82 Å². The maximum Gasteiger partial charge on any atom is 0.145 e. The monoisotopic (exact) mass is 258 g/mol. The molecule has 0 aliphatic heterocycles. The second kappa shape index (κ2) is 6.94. The van der Waals surface area contributed by atoms with Gasteiger partial charge in [-0.05, 0) is 52.2 Å². The topological polar surface area (TPSA) is 15.3 Å². The highest BCUT2D eigenvalue weighted by molar-refractivity contribution is 6.30. The molecule has 0 amide bonds. The van der Waals surface area contributed by atoms with Crippen LogP contribution in [-0.4, -0.2) is 38.6 Å². The molecule has 0 saturated carbocycles. The van der Waals surface area contributed by atoms with Crippen molar-refractivity contribution in [3.8, 4) is 0 Å². The molecular weight excluding hydrogens is 239 g/mol. The Labute approximate surface area is 108 Å². The fourth-order valence-electron chi connectivity index (χ4n) is 1.73. The van der Waals surface area contributed by atoms with Crippen LogP contribution in [0.15, 0.2) is 18.2 Å². The normalized spacial score (nSPS) is 13.1. The summed E-state index contributed by atoms with van der Waals surface area (Å²) in [6.45, 7) is 0.980. The summed E-state index contributed by atoms with van der Waals surface area (Å²) in [5.41, 5.74) is 0.676. The van der Waals surface area contributed by atoms with Crippen molar-refractivity contribution in [3.63, 3.8) is 0 Å². The van der Waals surface area contributed by atoms with Gasteiger partial charge in [-0.25, -0.2) is 4.39 Å². The summed E-state index contributed by atoms with van der Waals surface area (Å²) >= 11 is 5.76. The standard InChI is InChI=1S/C13H20ClFN2/c1-16-11(7-8-17(2)3)9-10-5-4-6-12(14)13(10)15/h4-6,11,16H,7-9H2,1-3H3. The summed E-state index contributed by atoms with van der Waals surface area (Å²) in [6, 6.07) is 5.43. The van der Waals surface area contributed by atoms with Gasteiger partial charge in [0.2, 0.25) is 0 Å². The van der Waals surface area contributed by atoms with E-state index in [1.54, 1.807) is 18.2 Å². The van der Waals surface area contributed by atoms with Crippen molar-refractivity contribution in [2.75, 3.05) is 27.7 Å². The van der Waals surface area contributed by atoms with Crippen LogP contribution in [0.2, 0.25) is 5.02 Å². The van der Waals surface area contributed by atoms with Crippen molar-refractivity contribution in [1.82, 2.24) is 10.2 Å². The minimum atomic E-state index is -0.292. The van der Waals surface area contributed by atoms with Gasteiger partial charge < -0.3 is 10.2 Å². The molecule has 0 aromatic heterocycles. The molecule has 1 aromatic carbocycles. The lowest BCUT2D eigenvalue weighted by molar-refractivity contribution is 0.363. The Morgan fingerprint density at radius 1 is 1.41 bits per heavy atom. The van der Waals surface area contributed by atoms with Crippen molar-refractivity contribution in [2.24, 2.45) is 0 Å². The summed E-state index contributed by atoms with van der Waals surface area (Å²) in [4.78, 5) is 2.12. The number of hydrogen-bond acceptors (Lipinski definition) is 2. The first-order chi connectivity index (χ1) is 8.04. The molecule has 2 nitrogen and oxygen atoms in total. The van der Waals surface area contributed by atoms with E-state index in [1.807, 2.05) is 21.1 Å². The molecule has 96 valence electrons. The minimum absolute atomic E-state index is 0.199. The minimum Gasteiger partial charge on any atom is -0.317 e. The van der Waals surface area contributed by atoms with Crippen molar-refractivity contribution in [3.05, 3.63) is 34.6 Å². The van der Waals surface area contributed by atoms with Crippen LogP contribution in [0.1, 0.15) is 12.0 Å². The Morgan fingerprint density at radius 2 is 2.12 bits per heavy atom. The molecular formula is C13H20ClFN2. The second-order valence-electron chi connectivity index (χ2n) is 4.49. The lowest BCUT2D eigenvalue weighted by Crippen LogP contribution is -2.31. The number of likely N-dealkylation sites (N-methyl/N-ethyl adjacent to an activating group) is 1. The van der Waals surface area contributed by atoms with Crippen LogP contribution in [0.3, 0.4) is 0 Å². The van der Waals surface area contributed by atoms with E-state index in [0.29, 0.717) is 12.0 Å². The van der Waals surface area contributed by atoms with Gasteiger partial charge >= 0.3 is 0 Å². The third kappa shape index (κ3) is 4.62. The van der Waals surface area contributed by atoms with Crippen LogP contribution < -0.4 is 5.32 Å². The zero-order valence-electron chi connectivity index (χ0n) is 10.6. The van der Waals surface area contributed by atoms with Crippen molar-refractivity contribution in [1.29, 1.82) is 0 Å². The smallest absolute Gasteiger partial charge is 0.145 e. The maximum absolute atomic E-state index is 13.7. The third-order valence-corrected chi connectivity index (χ3v) is 3.12. The van der Waals surface area contributed by atoms with Gasteiger partial charge in [0.15, 0.2) is 0 Å². The molecule has 0 aliphatic carbocycles. The number of nitrogens with one attached hydrogen (secondary N) is 1. The first-order valence-corrected chi connectivity index (χ1v) is 6.17. The van der Waals surface area contributed by atoms with E-state index < -0.39 is 0 Å². The van der Waals surface area contributed by atoms with Crippen LogP contribution in [0.25, 0.3) is 0 Å². The Morgan fingerprint density at radius 3 is 2.71 bits per heavy atom. The summed E-state index contributed by atoms with van der Waals surface area (Å²) in [6.07, 6.45) is 1.65. The molecule has 1 atom stereocenters. The molecule has 1 unspecified atom stereocenters. The number of benzene rings is 1. The van der Waals surface area contributed by atoms with Crippen molar-refractivity contribution in [2.45, 2.75) is 18.9 Å². The van der Waals surface area contributed by atoms with Gasteiger partial charge in [-0.3, -0.25) is 0 Å². The van der Waals surface area contributed by atoms with Gasteiger partial charge in [-0.1, -0.05) is 23.7 Å². The van der Waals surface area contributed by atoms with Crippen LogP contribution >= 0.6 is 11.6 Å². The van der Waals surface area contributed by atoms with Gasteiger partial charge in [-0.15, -0.1) is 0 Å². The van der Waals surface area contributed by atoms with Crippen molar-refractivity contribution < 1.29 is 4.39 Å². The predicted molar refractivity (Wildman–Crippen MR) is 71.1 cm³/mol. The van der Waals surface area contributed by atoms with Crippen LogP contribution in [0.4, 0.5) is 4.39 Å². The second-order valence-corrected chi connectivity index (χ2v) is 4.90. The SMILES string of the molecule is CNC(CCN(C)C)Cc1cccc(Cl)c1F. The van der Waals surface area contributed by atoms with E-state index in [-0.39, 0.29) is 16.9 Å². The number of nitrogens with zero attached hydrogens (tertiary/aromatic N) is 1. The molecule has 1 N–H and O–H groups in total. The van der Waals surface area contributed by atoms with Crippen LogP contribution in [0.5, 0.6) is 0 Å². The first kappa shape index (κ1) is 14.4. The Kier molecular flexibility index (Phi) is 5.89. The molecule has 4 heteroatoms. The van der Waals surface area contributed by atoms with Crippen molar-refractivity contribution >= 4 is 11.6 Å². The fourth-order valence-corrected chi connectivity index (χ4v) is 1.93. The molecule has 17 heavy (non-hydrogen) atoms. The largest absolute Gasteiger partial charge is 0.317 e. The quantitative estimate of drug-likeness (QED) is 0.844. The zero-order chi connectivity index (χ0) is 12.8. The summed E-state index contributed by atoms with van der Waals surface area (Å²) in [7, 11) is 5.97. The first-order valence-electron chi connectivity index (χ1n) is 5.79. The van der Waals surface area contributed by atoms with E-state index in [9.17, 15) is 4.39 Å². The molecule has 0 saturated heterocycles. The van der Waals surface area contributed by atoms with Gasteiger partial charge in [0.25, 0.3) is 0 Å². The fraction of sp³-hybridized carbons (Fsp3) is 0.538. The average Bonchev–Trinajstić information content (AvgIpc) is 2.29. The van der Waals surface area contributed by atoms with Crippen LogP contribution in [-0.2, 0) is 6.42 Å². The molecule has 1 aromatic rings. The van der Waals surface area contributed by atoms with E-state index in [2.05, 4.69) is 10.2 Å². The lowest BCUT2D eigenvalue weighted by atomic mass is 10.0. The highest BCUT2D eigenvalue weighted by Gasteiger charge is 2.12. The van der Waals surface area contributed by atoms with Gasteiger partial charge in [0.05, 0.1) is 5.02 Å². The zero-order valence-corrected chi connectivity index (χ0v) is 11.4.